The Morgan fingerprint density at radius 1 is 0.472 bits per heavy atom. The van der Waals surface area contributed by atoms with Crippen LogP contribution in [0.2, 0.25) is 10.0 Å². The molecule has 2 heterocycles. The number of likely N-dealkylation sites (N-methyl/N-ethyl adjacent to an activating group) is 2. The van der Waals surface area contributed by atoms with Crippen molar-refractivity contribution in [1.29, 1.82) is 0 Å². The average molecular weight is 1010 g/mol. The Morgan fingerprint density at radius 2 is 0.833 bits per heavy atom. The van der Waals surface area contributed by atoms with Gasteiger partial charge in [0.25, 0.3) is 11.8 Å². The second-order valence-corrected chi connectivity index (χ2v) is 19.1. The van der Waals surface area contributed by atoms with Crippen molar-refractivity contribution < 1.29 is 28.7 Å². The molecule has 8 rings (SSSR count). The number of hydrogen-bond acceptors (Lipinski definition) is 6. The molecular formula is C60H62Cl2N4O6. The van der Waals surface area contributed by atoms with Crippen LogP contribution in [0, 0.1) is 0 Å². The maximum atomic E-state index is 13.8. The smallest absolute Gasteiger partial charge is 0.258 e. The molecule has 4 amide bonds. The lowest BCUT2D eigenvalue weighted by atomic mass is 9.99. The monoisotopic (exact) mass is 1000 g/mol. The molecule has 0 bridgehead atoms. The molecule has 0 fully saturated rings. The molecule has 0 radical (unpaired) electrons. The second kappa shape index (κ2) is 25.8. The van der Waals surface area contributed by atoms with Gasteiger partial charge in [0.15, 0.2) is 0 Å². The number of fused-ring (bicyclic) bond motifs is 2. The van der Waals surface area contributed by atoms with Gasteiger partial charge in [-0.3, -0.25) is 19.2 Å². The molecule has 0 aliphatic carbocycles. The van der Waals surface area contributed by atoms with E-state index in [0.717, 1.165) is 22.3 Å². The summed E-state index contributed by atoms with van der Waals surface area (Å²) in [6.07, 6.45) is 11.3. The molecule has 0 aromatic heterocycles. The Bertz CT molecular complexity index is 2650. The lowest BCUT2D eigenvalue weighted by molar-refractivity contribution is -0.126. The van der Waals surface area contributed by atoms with Gasteiger partial charge in [-0.05, 0) is 97.5 Å². The number of nitrogens with zero attached hydrogens (tertiary/aromatic N) is 2. The number of halogens is 2. The van der Waals surface area contributed by atoms with E-state index in [0.29, 0.717) is 71.2 Å². The van der Waals surface area contributed by atoms with Gasteiger partial charge >= 0.3 is 0 Å². The summed E-state index contributed by atoms with van der Waals surface area (Å²) in [5.74, 6) is 0.0568. The van der Waals surface area contributed by atoms with Crippen LogP contribution in [0.25, 0.3) is 0 Å². The Balaban J connectivity index is 0.000000211. The van der Waals surface area contributed by atoms with E-state index in [2.05, 4.69) is 34.9 Å². The molecule has 10 nitrogen and oxygen atoms in total. The first kappa shape index (κ1) is 52.7. The first-order valence-corrected chi connectivity index (χ1v) is 25.1. The van der Waals surface area contributed by atoms with Crippen LogP contribution in [0.5, 0.6) is 11.5 Å². The van der Waals surface area contributed by atoms with E-state index in [1.54, 1.807) is 38.4 Å². The molecule has 2 N–H and O–H groups in total. The van der Waals surface area contributed by atoms with Crippen molar-refractivity contribution in [3.05, 3.63) is 225 Å². The van der Waals surface area contributed by atoms with E-state index in [1.165, 1.54) is 9.80 Å². The highest BCUT2D eigenvalue weighted by Crippen LogP contribution is 2.29. The number of amides is 4. The van der Waals surface area contributed by atoms with Crippen LogP contribution in [0.15, 0.2) is 182 Å². The van der Waals surface area contributed by atoms with Crippen molar-refractivity contribution >= 4 is 46.8 Å². The molecule has 6 aromatic rings. The highest BCUT2D eigenvalue weighted by atomic mass is 35.5. The molecule has 0 unspecified atom stereocenters. The van der Waals surface area contributed by atoms with Crippen molar-refractivity contribution in [2.75, 3.05) is 14.1 Å². The van der Waals surface area contributed by atoms with Gasteiger partial charge < -0.3 is 29.9 Å². The van der Waals surface area contributed by atoms with Crippen molar-refractivity contribution in [2.45, 2.75) is 88.7 Å². The van der Waals surface area contributed by atoms with E-state index < -0.39 is 12.1 Å². The molecule has 372 valence electrons. The van der Waals surface area contributed by atoms with E-state index in [-0.39, 0.29) is 47.9 Å². The van der Waals surface area contributed by atoms with E-state index in [1.807, 2.05) is 147 Å². The zero-order chi connectivity index (χ0) is 51.0. The highest BCUT2D eigenvalue weighted by Gasteiger charge is 2.33. The van der Waals surface area contributed by atoms with E-state index in [9.17, 15) is 19.2 Å². The molecule has 72 heavy (non-hydrogen) atoms. The van der Waals surface area contributed by atoms with Gasteiger partial charge in [-0.2, -0.15) is 0 Å². The summed E-state index contributed by atoms with van der Waals surface area (Å²) in [5, 5.41) is 7.61. The Morgan fingerprint density at radius 3 is 1.22 bits per heavy atom. The zero-order valence-corrected chi connectivity index (χ0v) is 42.6. The normalized spacial score (nSPS) is 22.1. The van der Waals surface area contributed by atoms with Crippen LogP contribution >= 0.6 is 23.2 Å². The standard InChI is InChI=1S/2C30H31ClN2O3/c2*1-21-11-6-8-17-26(23-14-10-15-24(31)20-23)32-29(34)27(19-22-12-4-3-5-13-22)33(2)30(35)25-16-7-9-18-28(25)36-21/h2*3-10,12-16,18,20-21,26-27H,11,17,19H2,1-2H3,(H,32,34)/b8-6+;8-6-/t2*21-,26-,27+/m00/s1. The molecule has 0 spiro atoms. The quantitative estimate of drug-likeness (QED) is 0.161. The molecule has 2 aliphatic heterocycles. The number of carbonyl (C=O) groups is 4. The predicted molar refractivity (Wildman–Crippen MR) is 287 cm³/mol. The molecular weight excluding hydrogens is 944 g/mol. The van der Waals surface area contributed by atoms with Gasteiger partial charge in [-0.1, -0.05) is 157 Å². The first-order chi connectivity index (χ1) is 34.8. The highest BCUT2D eigenvalue weighted by molar-refractivity contribution is 6.31. The van der Waals surface area contributed by atoms with Crippen LogP contribution in [0.1, 0.15) is 94.6 Å². The summed E-state index contributed by atoms with van der Waals surface area (Å²) in [6, 6.07) is 46.9. The SMILES string of the molecule is C[C@H]1C/C=C/C[C@@H](c2cccc(Cl)c2)NC(=O)[C@@H](Cc2ccccc2)N(C)C(=O)c2ccccc2O1.C[C@H]1C/C=C\C[C@@H](c2cccc(Cl)c2)NC(=O)[C@@H](Cc2ccccc2)N(C)C(=O)c2ccccc2O1. The van der Waals surface area contributed by atoms with Gasteiger partial charge in [0.1, 0.15) is 23.6 Å². The summed E-state index contributed by atoms with van der Waals surface area (Å²) in [5.41, 5.74) is 4.63. The second-order valence-electron chi connectivity index (χ2n) is 18.2. The minimum atomic E-state index is -0.723. The number of nitrogens with one attached hydrogen (secondary N) is 2. The van der Waals surface area contributed by atoms with Crippen LogP contribution in [-0.2, 0) is 22.4 Å². The number of carbonyl (C=O) groups excluding carboxylic acids is 4. The Hall–Kier alpha value is -7.14. The van der Waals surface area contributed by atoms with Gasteiger partial charge in [0.2, 0.25) is 11.8 Å². The summed E-state index contributed by atoms with van der Waals surface area (Å²) in [7, 11) is 3.35. The minimum Gasteiger partial charge on any atom is -0.490 e. The third-order valence-corrected chi connectivity index (χ3v) is 13.2. The maximum absolute atomic E-state index is 13.8. The van der Waals surface area contributed by atoms with Crippen molar-refractivity contribution in [2.24, 2.45) is 0 Å². The molecule has 6 atom stereocenters. The molecule has 0 saturated heterocycles. The zero-order valence-electron chi connectivity index (χ0n) is 41.1. The van der Waals surface area contributed by atoms with E-state index in [4.69, 9.17) is 32.7 Å². The largest absolute Gasteiger partial charge is 0.490 e. The number of benzene rings is 6. The van der Waals surface area contributed by atoms with Gasteiger partial charge in [0, 0.05) is 49.8 Å². The fraction of sp³-hybridized carbons (Fsp3) is 0.267. The van der Waals surface area contributed by atoms with Crippen molar-refractivity contribution in [3.8, 4) is 11.5 Å². The first-order valence-electron chi connectivity index (χ1n) is 24.4. The van der Waals surface area contributed by atoms with Crippen molar-refractivity contribution in [1.82, 2.24) is 20.4 Å². The summed E-state index contributed by atoms with van der Waals surface area (Å²) in [4.78, 5) is 58.0. The summed E-state index contributed by atoms with van der Waals surface area (Å²) in [6.45, 7) is 3.96. The lowest BCUT2D eigenvalue weighted by Crippen LogP contribution is -2.49. The van der Waals surface area contributed by atoms with Gasteiger partial charge in [-0.15, -0.1) is 0 Å². The topological polar surface area (TPSA) is 117 Å². The van der Waals surface area contributed by atoms with E-state index >= 15 is 0 Å². The van der Waals surface area contributed by atoms with Crippen molar-refractivity contribution in [3.63, 3.8) is 0 Å². The molecule has 0 saturated carbocycles. The van der Waals surface area contributed by atoms with Crippen LogP contribution in [0.4, 0.5) is 0 Å². The Kier molecular flexibility index (Phi) is 18.9. The Labute approximate surface area is 433 Å². The van der Waals surface area contributed by atoms with Gasteiger partial charge in [-0.25, -0.2) is 0 Å². The van der Waals surface area contributed by atoms with Gasteiger partial charge in [0.05, 0.1) is 35.4 Å². The number of ether oxygens (including phenoxy) is 2. The fourth-order valence-electron chi connectivity index (χ4n) is 8.75. The van der Waals surface area contributed by atoms with Crippen LogP contribution in [-0.4, -0.2) is 71.8 Å². The lowest BCUT2D eigenvalue weighted by Gasteiger charge is -2.30. The number of hydrogen-bond donors (Lipinski definition) is 2. The molecule has 2 aliphatic rings. The van der Waals surface area contributed by atoms with Crippen LogP contribution < -0.4 is 20.1 Å². The van der Waals surface area contributed by atoms with Crippen LogP contribution in [0.3, 0.4) is 0 Å². The third kappa shape index (κ3) is 14.5. The number of para-hydroxylation sites is 2. The average Bonchev–Trinajstić information content (AvgIpc) is 3.38. The summed E-state index contributed by atoms with van der Waals surface area (Å²) < 4.78 is 12.3. The fourth-order valence-corrected chi connectivity index (χ4v) is 9.15. The maximum Gasteiger partial charge on any atom is 0.258 e. The minimum absolute atomic E-state index is 0.122. The molecule has 6 aromatic carbocycles. The molecule has 12 heteroatoms. The summed E-state index contributed by atoms with van der Waals surface area (Å²) >= 11 is 12.5. The number of rotatable bonds is 6. The predicted octanol–water partition coefficient (Wildman–Crippen LogP) is 12.0. The third-order valence-electron chi connectivity index (χ3n) is 12.8.